The number of hydrogen-bond acceptors (Lipinski definition) is 0. The Morgan fingerprint density at radius 2 is 0.667 bits per heavy atom. The molecule has 0 rings (SSSR count). The van der Waals surface area contributed by atoms with Crippen molar-refractivity contribution in [2.75, 3.05) is 11.5 Å². The molecule has 2 radical (unpaired) electrons. The van der Waals surface area contributed by atoms with Crippen LogP contribution in [0.4, 0.5) is 0 Å². The van der Waals surface area contributed by atoms with Crippen LogP contribution in [0.3, 0.4) is 0 Å². The molecule has 4 nitrogen and oxygen atoms in total. The van der Waals surface area contributed by atoms with Crippen LogP contribution in [0, 0.1) is 26.6 Å². The van der Waals surface area contributed by atoms with Crippen molar-refractivity contribution in [3.8, 4) is 0 Å². The van der Waals surface area contributed by atoms with Crippen molar-refractivity contribution in [3.63, 3.8) is 0 Å². The zero-order valence-electron chi connectivity index (χ0n) is 10.1. The zero-order valence-corrected chi connectivity index (χ0v) is 15.4. The van der Waals surface area contributed by atoms with Gasteiger partial charge in [-0.05, 0) is 38.1 Å². The summed E-state index contributed by atoms with van der Waals surface area (Å²) in [4.78, 5) is 0. The minimum Gasteiger partial charge on any atom is 2.00 e. The third-order valence-corrected chi connectivity index (χ3v) is 1.50. The van der Waals surface area contributed by atoms with Gasteiger partial charge in [-0.15, -0.1) is 0 Å². The van der Waals surface area contributed by atoms with E-state index in [0.717, 1.165) is 11.5 Å². The topological polar surface area (TPSA) is 79.6 Å². The molecule has 0 aromatic heterocycles. The fraction of sp³-hybridized carbons (Fsp3) is 0.600. The molecule has 0 saturated carbocycles. The van der Waals surface area contributed by atoms with Crippen LogP contribution < -0.4 is 0 Å². The summed E-state index contributed by atoms with van der Waals surface area (Å²) in [6.07, 6.45) is 2.47. The molecule has 0 atom stereocenters. The molecule has 0 saturated heterocycles. The first kappa shape index (κ1) is 51.0. The van der Waals surface area contributed by atoms with Gasteiger partial charge in [0.15, 0.2) is 0 Å². The SMILES string of the molecule is CCC[SH2+].CCC[SH2+].[C-]#[O+].[C-]#[O+].[C-]#[O+].[C-]#[O+].[Rh+2].[Rh+2]. The van der Waals surface area contributed by atoms with Crippen LogP contribution in [0.1, 0.15) is 26.7 Å². The Balaban J connectivity index is -0.0000000113. The maximum Gasteiger partial charge on any atom is 2.00 e. The molecule has 0 unspecified atom stereocenters. The van der Waals surface area contributed by atoms with Gasteiger partial charge in [0.05, 0.1) is 0 Å². The molecule has 0 aromatic rings. The van der Waals surface area contributed by atoms with E-state index >= 15 is 0 Å². The Labute approximate surface area is 147 Å². The molecule has 0 heterocycles. The smallest absolute Gasteiger partial charge is 2.00 e. The average molecular weight is 472 g/mol. The summed E-state index contributed by atoms with van der Waals surface area (Å²) < 4.78 is 30.0. The third-order valence-electron chi connectivity index (χ3n) is 0.500. The summed E-state index contributed by atoms with van der Waals surface area (Å²) >= 11 is 6.58. The predicted molar refractivity (Wildman–Crippen MR) is 66.3 cm³/mol. The Hall–Kier alpha value is 0.907. The van der Waals surface area contributed by atoms with Gasteiger partial charge in [0, 0.05) is 0 Å². The molecule has 18 heavy (non-hydrogen) atoms. The molecular formula is C10H18O4Rh2S2+6. The molecular weight excluding hydrogens is 454 g/mol. The fourth-order valence-corrected chi connectivity index (χ4v) is 0. The molecule has 0 aliphatic heterocycles. The van der Waals surface area contributed by atoms with Gasteiger partial charge >= 0.3 is 84.2 Å². The van der Waals surface area contributed by atoms with E-state index in [9.17, 15) is 0 Å². The second-order valence-corrected chi connectivity index (χ2v) is 2.50. The summed E-state index contributed by atoms with van der Waals surface area (Å²) in [6.45, 7) is 22.3. The van der Waals surface area contributed by atoms with Crippen LogP contribution in [-0.4, -0.2) is 11.5 Å². The summed E-state index contributed by atoms with van der Waals surface area (Å²) in [5, 5.41) is 0. The van der Waals surface area contributed by atoms with Gasteiger partial charge in [-0.2, -0.15) is 0 Å². The van der Waals surface area contributed by atoms with Gasteiger partial charge in [0.2, 0.25) is 0 Å². The monoisotopic (exact) mass is 472 g/mol. The van der Waals surface area contributed by atoms with E-state index in [1.165, 1.54) is 12.8 Å². The van der Waals surface area contributed by atoms with Gasteiger partial charge in [0.1, 0.15) is 11.5 Å². The van der Waals surface area contributed by atoms with Crippen molar-refractivity contribution in [2.45, 2.75) is 26.7 Å². The third kappa shape index (κ3) is 506. The maximum absolute atomic E-state index is 7.50. The maximum atomic E-state index is 7.50. The van der Waals surface area contributed by atoms with Crippen molar-refractivity contribution in [1.29, 1.82) is 0 Å². The van der Waals surface area contributed by atoms with Crippen LogP contribution >= 0.6 is 0 Å². The van der Waals surface area contributed by atoms with Crippen LogP contribution in [0.2, 0.25) is 0 Å². The predicted octanol–water partition coefficient (Wildman–Crippen LogP) is 0.661. The van der Waals surface area contributed by atoms with Gasteiger partial charge < -0.3 is 0 Å². The largest absolute Gasteiger partial charge is 2.00 e. The van der Waals surface area contributed by atoms with Crippen LogP contribution in [0.5, 0.6) is 0 Å². The van der Waals surface area contributed by atoms with Crippen molar-refractivity contribution < 1.29 is 57.6 Å². The minimum absolute atomic E-state index is 0. The molecule has 8 heteroatoms. The Morgan fingerprint density at radius 3 is 0.667 bits per heavy atom. The molecule has 0 bridgehead atoms. The van der Waals surface area contributed by atoms with Gasteiger partial charge in [-0.1, -0.05) is 13.8 Å². The first-order valence-corrected chi connectivity index (χ1v) is 5.35. The molecule has 0 aromatic carbocycles. The normalized spacial score (nSPS) is 3.78. The van der Waals surface area contributed by atoms with E-state index < -0.39 is 0 Å². The van der Waals surface area contributed by atoms with Crippen LogP contribution in [0.15, 0.2) is 0 Å². The Morgan fingerprint density at radius 1 is 0.611 bits per heavy atom. The quantitative estimate of drug-likeness (QED) is 0.322. The molecule has 0 spiro atoms. The van der Waals surface area contributed by atoms with E-state index in [-0.39, 0.29) is 39.0 Å². The van der Waals surface area contributed by atoms with Gasteiger partial charge in [0.25, 0.3) is 0 Å². The van der Waals surface area contributed by atoms with E-state index in [2.05, 4.69) is 65.7 Å². The average Bonchev–Trinajstić information content (AvgIpc) is 2.47. The standard InChI is InChI=1S/2C3H8S.4CO.2Rh/c2*1-2-3-4;4*1-2;;/h2*4H,2-3H2,1H3;;;;;;/q;;;;;;2*+2/p+2. The summed E-state index contributed by atoms with van der Waals surface area (Å²) in [6, 6.07) is 0. The van der Waals surface area contributed by atoms with Crippen molar-refractivity contribution >= 4 is 25.3 Å². The first-order chi connectivity index (χ1) is 7.83. The minimum atomic E-state index is 0. The molecule has 106 valence electrons. The summed E-state index contributed by atoms with van der Waals surface area (Å²) in [7, 11) is 0. The second-order valence-electron chi connectivity index (χ2n) is 1.50. The summed E-state index contributed by atoms with van der Waals surface area (Å²) in [5.74, 6) is 2.25. The molecule has 0 aliphatic carbocycles. The molecule has 0 aliphatic rings. The first-order valence-electron chi connectivity index (χ1n) is 3.94. The summed E-state index contributed by atoms with van der Waals surface area (Å²) in [5.41, 5.74) is 0. The molecule has 0 fully saturated rings. The van der Waals surface area contributed by atoms with E-state index in [1.54, 1.807) is 0 Å². The van der Waals surface area contributed by atoms with E-state index in [0.29, 0.717) is 0 Å². The van der Waals surface area contributed by atoms with Crippen molar-refractivity contribution in [2.24, 2.45) is 0 Å². The van der Waals surface area contributed by atoms with Gasteiger partial charge in [-0.3, -0.25) is 0 Å². The zero-order chi connectivity index (χ0) is 14.8. The molecule has 0 N–H and O–H groups in total. The fourth-order valence-electron chi connectivity index (χ4n) is 0. The van der Waals surface area contributed by atoms with Crippen molar-refractivity contribution in [1.82, 2.24) is 0 Å². The Kier molecular flexibility index (Phi) is 602. The van der Waals surface area contributed by atoms with E-state index in [4.69, 9.17) is 18.6 Å². The van der Waals surface area contributed by atoms with Gasteiger partial charge in [-0.25, -0.2) is 0 Å². The number of hydrogen-bond donors (Lipinski definition) is 0. The van der Waals surface area contributed by atoms with Crippen molar-refractivity contribution in [3.05, 3.63) is 26.6 Å². The molecule has 0 amide bonds. The van der Waals surface area contributed by atoms with Crippen LogP contribution in [-0.2, 0) is 82.8 Å². The Bertz CT molecular complexity index is 107. The van der Waals surface area contributed by atoms with E-state index in [1.807, 2.05) is 0 Å². The van der Waals surface area contributed by atoms with Crippen LogP contribution in [0.25, 0.3) is 0 Å². The number of rotatable bonds is 2. The second kappa shape index (κ2) is 213.